The van der Waals surface area contributed by atoms with E-state index in [1.54, 1.807) is 4.57 Å². The molecule has 0 atom stereocenters. The van der Waals surface area contributed by atoms with Crippen LogP contribution < -0.4 is 10.6 Å². The number of aromatic nitrogens is 1. The minimum Gasteiger partial charge on any atom is -0.344 e. The van der Waals surface area contributed by atoms with Crippen LogP contribution in [-0.2, 0) is 17.8 Å². The zero-order valence-corrected chi connectivity index (χ0v) is 18.4. The average molecular weight is 483 g/mol. The van der Waals surface area contributed by atoms with Crippen LogP contribution in [0.5, 0.6) is 0 Å². The van der Waals surface area contributed by atoms with E-state index in [0.717, 1.165) is 18.2 Å². The molecular weight excluding hydrogens is 461 g/mol. The molecule has 2 aliphatic rings. The predicted octanol–water partition coefficient (Wildman–Crippen LogP) is 4.56. The number of benzene rings is 1. The second-order valence-electron chi connectivity index (χ2n) is 9.10. The molecule has 0 bridgehead atoms. The minimum absolute atomic E-state index is 0.0298. The lowest BCUT2D eigenvalue weighted by molar-refractivity contribution is -0.140. The van der Waals surface area contributed by atoms with E-state index in [9.17, 15) is 36.3 Å². The molecule has 2 amide bonds. The van der Waals surface area contributed by atoms with Gasteiger partial charge in [0.15, 0.2) is 0 Å². The summed E-state index contributed by atoms with van der Waals surface area (Å²) in [6.07, 6.45) is -3.19. The molecule has 1 aromatic carbocycles. The molecule has 0 saturated heterocycles. The maximum Gasteiger partial charge on any atom is 0.292 e. The van der Waals surface area contributed by atoms with Gasteiger partial charge in [0, 0.05) is 36.3 Å². The summed E-state index contributed by atoms with van der Waals surface area (Å²) in [5.74, 6) is -6.68. The molecular formula is C23H22F5N3O3. The first kappa shape index (κ1) is 23.9. The monoisotopic (exact) mass is 483 g/mol. The highest BCUT2D eigenvalue weighted by atomic mass is 19.3. The van der Waals surface area contributed by atoms with Crippen LogP contribution in [-0.4, -0.2) is 33.6 Å². The molecule has 4 rings (SSSR count). The number of anilines is 1. The Bertz CT molecular complexity index is 1200. The van der Waals surface area contributed by atoms with E-state index in [2.05, 4.69) is 10.6 Å². The molecule has 0 radical (unpaired) electrons. The number of halogens is 5. The minimum atomic E-state index is -3.07. The van der Waals surface area contributed by atoms with E-state index < -0.39 is 59.7 Å². The summed E-state index contributed by atoms with van der Waals surface area (Å²) in [5.41, 5.74) is -1.32. The molecule has 1 fully saturated rings. The van der Waals surface area contributed by atoms with Crippen molar-refractivity contribution in [1.82, 2.24) is 9.88 Å². The van der Waals surface area contributed by atoms with Crippen molar-refractivity contribution >= 4 is 23.3 Å². The fourth-order valence-corrected chi connectivity index (χ4v) is 4.91. The quantitative estimate of drug-likeness (QED) is 0.359. The van der Waals surface area contributed by atoms with Gasteiger partial charge in [-0.05, 0) is 50.5 Å². The Labute approximate surface area is 191 Å². The molecule has 2 heterocycles. The Hall–Kier alpha value is -3.24. The molecule has 6 nitrogen and oxygen atoms in total. The molecule has 2 aromatic rings. The molecule has 182 valence electrons. The Kier molecular flexibility index (Phi) is 5.77. The van der Waals surface area contributed by atoms with E-state index in [-0.39, 0.29) is 22.5 Å². The van der Waals surface area contributed by atoms with E-state index in [1.165, 1.54) is 13.8 Å². The van der Waals surface area contributed by atoms with Gasteiger partial charge in [-0.3, -0.25) is 14.4 Å². The molecule has 0 spiro atoms. The van der Waals surface area contributed by atoms with Gasteiger partial charge >= 0.3 is 0 Å². The van der Waals surface area contributed by atoms with Gasteiger partial charge in [0.1, 0.15) is 11.5 Å². The number of hydrogen-bond donors (Lipinski definition) is 2. The summed E-state index contributed by atoms with van der Waals surface area (Å²) >= 11 is 0. The van der Waals surface area contributed by atoms with Crippen molar-refractivity contribution < 1.29 is 36.3 Å². The van der Waals surface area contributed by atoms with Crippen LogP contribution in [0.15, 0.2) is 18.2 Å². The van der Waals surface area contributed by atoms with Crippen molar-refractivity contribution in [2.45, 2.75) is 64.0 Å². The highest BCUT2D eigenvalue weighted by Gasteiger charge is 2.55. The molecule has 0 unspecified atom stereocenters. The number of amides is 2. The number of carbonyl (C=O) groups is 3. The zero-order valence-electron chi connectivity index (χ0n) is 18.4. The number of Topliss-reactive ketones (excluding diaryl/α,β-unsaturated/α-hetero) is 1. The van der Waals surface area contributed by atoms with Crippen molar-refractivity contribution in [3.63, 3.8) is 0 Å². The Balaban J connectivity index is 1.60. The summed E-state index contributed by atoms with van der Waals surface area (Å²) < 4.78 is 67.7. The summed E-state index contributed by atoms with van der Waals surface area (Å²) in [4.78, 5) is 38.6. The van der Waals surface area contributed by atoms with Gasteiger partial charge in [0.25, 0.3) is 29.9 Å². The molecule has 1 aliphatic carbocycles. The van der Waals surface area contributed by atoms with Crippen LogP contribution in [0.2, 0.25) is 0 Å². The topological polar surface area (TPSA) is 80.2 Å². The number of nitrogens with zero attached hydrogens (tertiary/aromatic N) is 1. The highest BCUT2D eigenvalue weighted by Crippen LogP contribution is 2.45. The van der Waals surface area contributed by atoms with Crippen LogP contribution in [0.1, 0.15) is 70.3 Å². The van der Waals surface area contributed by atoms with E-state index in [4.69, 9.17) is 0 Å². The predicted molar refractivity (Wildman–Crippen MR) is 112 cm³/mol. The first-order valence-corrected chi connectivity index (χ1v) is 10.7. The fourth-order valence-electron chi connectivity index (χ4n) is 4.91. The van der Waals surface area contributed by atoms with Gasteiger partial charge in [0.2, 0.25) is 0 Å². The SMILES string of the molecule is Cc1c(C(=O)C(=O)NC2(C)CC(F)(F)C2)c2n(c1C(=O)Nc1ccc(F)c(C(F)F)c1)CCC2. The first-order valence-electron chi connectivity index (χ1n) is 10.7. The van der Waals surface area contributed by atoms with Crippen molar-refractivity contribution in [2.24, 2.45) is 0 Å². The van der Waals surface area contributed by atoms with Gasteiger partial charge in [-0.1, -0.05) is 0 Å². The molecule has 34 heavy (non-hydrogen) atoms. The Morgan fingerprint density at radius 3 is 2.44 bits per heavy atom. The standard InChI is InChI=1S/C23H22F5N3O3/c1-11-16(18(32)21(34)30-22(2)9-23(27,28)10-22)15-4-3-7-31(15)17(11)20(33)29-12-5-6-14(24)13(8-12)19(25)26/h5-6,8,19H,3-4,7,9-10H2,1-2H3,(H,29,33)(H,30,34). The number of hydrogen-bond acceptors (Lipinski definition) is 3. The molecule has 2 N–H and O–H groups in total. The normalized spacial score (nSPS) is 17.8. The van der Waals surface area contributed by atoms with Gasteiger partial charge < -0.3 is 15.2 Å². The van der Waals surface area contributed by atoms with E-state index >= 15 is 0 Å². The van der Waals surface area contributed by atoms with E-state index in [1.807, 2.05) is 0 Å². The molecule has 1 aromatic heterocycles. The first-order chi connectivity index (χ1) is 15.8. The maximum absolute atomic E-state index is 13.6. The largest absolute Gasteiger partial charge is 0.344 e. The Morgan fingerprint density at radius 1 is 1.15 bits per heavy atom. The lowest BCUT2D eigenvalue weighted by Gasteiger charge is -2.45. The number of carbonyl (C=O) groups excluding carboxylic acids is 3. The van der Waals surface area contributed by atoms with Crippen molar-refractivity contribution in [3.8, 4) is 0 Å². The second kappa shape index (κ2) is 8.21. The average Bonchev–Trinajstić information content (AvgIpc) is 3.26. The highest BCUT2D eigenvalue weighted by molar-refractivity contribution is 6.44. The van der Waals surface area contributed by atoms with Gasteiger partial charge in [-0.25, -0.2) is 22.0 Å². The van der Waals surface area contributed by atoms with Crippen LogP contribution in [0.3, 0.4) is 0 Å². The van der Waals surface area contributed by atoms with E-state index in [0.29, 0.717) is 25.1 Å². The number of rotatable bonds is 6. The lowest BCUT2D eigenvalue weighted by Crippen LogP contribution is -2.61. The Morgan fingerprint density at radius 2 is 1.82 bits per heavy atom. The zero-order chi connectivity index (χ0) is 25.0. The number of nitrogens with one attached hydrogen (secondary N) is 2. The third-order valence-electron chi connectivity index (χ3n) is 6.26. The van der Waals surface area contributed by atoms with Crippen LogP contribution in [0.4, 0.5) is 27.6 Å². The summed E-state index contributed by atoms with van der Waals surface area (Å²) in [7, 11) is 0. The number of fused-ring (bicyclic) bond motifs is 1. The molecule has 1 saturated carbocycles. The van der Waals surface area contributed by atoms with Gasteiger partial charge in [-0.2, -0.15) is 0 Å². The summed E-state index contributed by atoms with van der Waals surface area (Å²) in [6, 6.07) is 2.78. The van der Waals surface area contributed by atoms with Crippen LogP contribution >= 0.6 is 0 Å². The smallest absolute Gasteiger partial charge is 0.292 e. The van der Waals surface area contributed by atoms with Crippen molar-refractivity contribution in [3.05, 3.63) is 52.1 Å². The van der Waals surface area contributed by atoms with Crippen molar-refractivity contribution in [1.29, 1.82) is 0 Å². The van der Waals surface area contributed by atoms with Gasteiger partial charge in [-0.15, -0.1) is 0 Å². The lowest BCUT2D eigenvalue weighted by atomic mass is 9.75. The third kappa shape index (κ3) is 4.19. The fraction of sp³-hybridized carbons (Fsp3) is 0.435. The number of ketones is 1. The van der Waals surface area contributed by atoms with Crippen LogP contribution in [0, 0.1) is 12.7 Å². The molecule has 1 aliphatic heterocycles. The van der Waals surface area contributed by atoms with Crippen LogP contribution in [0.25, 0.3) is 0 Å². The third-order valence-corrected chi connectivity index (χ3v) is 6.26. The maximum atomic E-state index is 13.6. The molecule has 11 heteroatoms. The van der Waals surface area contributed by atoms with Gasteiger partial charge in [0.05, 0.1) is 11.1 Å². The number of alkyl halides is 4. The summed E-state index contributed by atoms with van der Waals surface area (Å²) in [6.45, 7) is 3.31. The second-order valence-corrected chi connectivity index (χ2v) is 9.10. The summed E-state index contributed by atoms with van der Waals surface area (Å²) in [5, 5.41) is 4.82. The van der Waals surface area contributed by atoms with Crippen molar-refractivity contribution in [2.75, 3.05) is 5.32 Å².